The number of ether oxygens (including phenoxy) is 3. The summed E-state index contributed by atoms with van der Waals surface area (Å²) in [6, 6.07) is 22.0. The average molecular weight is 1730 g/mol. The molecule has 7 fully saturated rings. The number of pyridine rings is 1. The normalized spacial score (nSPS) is 23.5. The smallest absolute Gasteiger partial charge is 0.460 e. The minimum absolute atomic E-state index is 0.0507. The molecule has 18 nitrogen and oxygen atoms in total. The second-order valence-corrected chi connectivity index (χ2v) is 35.9. The van der Waals surface area contributed by atoms with Crippen molar-refractivity contribution in [3.8, 4) is 29.2 Å². The molecule has 4 saturated carbocycles. The van der Waals surface area contributed by atoms with Crippen LogP contribution in [0, 0.1) is 45.8 Å². The molecule has 4 aromatic rings. The molecular weight excluding hydrogens is 1640 g/mol. The number of methoxy groups -OCH3 is 2. The highest BCUT2D eigenvalue weighted by molar-refractivity contribution is 7.88. The van der Waals surface area contributed by atoms with Gasteiger partial charge in [-0.05, 0) is 213 Å². The maximum absolute atomic E-state index is 13.9. The second-order valence-electron chi connectivity index (χ2n) is 33.0. The topological polar surface area (TPSA) is 223 Å². The lowest BCUT2D eigenvalue weighted by Gasteiger charge is -2.55. The van der Waals surface area contributed by atoms with Crippen molar-refractivity contribution in [3.05, 3.63) is 117 Å². The molecule has 10 aliphatic rings. The Balaban J connectivity index is 0.000000165. The largest absolute Gasteiger partial charge is 0.508 e. The zero-order valence-electron chi connectivity index (χ0n) is 64.5. The van der Waals surface area contributed by atoms with Gasteiger partial charge < -0.3 is 28.6 Å². The predicted octanol–water partition coefficient (Wildman–Crippen LogP) is 14.8. The first-order chi connectivity index (χ1) is 54.0. The third-order valence-corrected chi connectivity index (χ3v) is 26.1. The van der Waals surface area contributed by atoms with Crippen LogP contribution in [-0.2, 0) is 82.7 Å². The number of nitrogens with zero attached hydrogens (tertiary/aromatic N) is 5. The fourth-order valence-corrected chi connectivity index (χ4v) is 18.8. The molecule has 0 bridgehead atoms. The summed E-state index contributed by atoms with van der Waals surface area (Å²) in [6.45, 7) is 18.0. The van der Waals surface area contributed by atoms with E-state index in [4.69, 9.17) is 19.3 Å². The van der Waals surface area contributed by atoms with Gasteiger partial charge in [-0.1, -0.05) is 40.8 Å². The number of carbonyl (C=O) groups excluding carboxylic acids is 2. The van der Waals surface area contributed by atoms with Crippen molar-refractivity contribution in [3.63, 3.8) is 0 Å². The number of hydrogen-bond acceptors (Lipinski definition) is 17. The van der Waals surface area contributed by atoms with Crippen LogP contribution in [0.4, 0.5) is 82.9 Å². The first-order valence-corrected chi connectivity index (χ1v) is 40.6. The molecule has 3 spiro atoms. The van der Waals surface area contributed by atoms with Gasteiger partial charge in [0, 0.05) is 109 Å². The molecule has 0 radical (unpaired) electrons. The molecule has 1 aromatic heterocycles. The Bertz CT molecular complexity index is 4550. The standard InChI is InChI=1S/C28H30N2O3.C21H20F9NO5S.C17H21NO3.C8H19N.C4F10O2S/c31-27(32)22-12-24(13-22)30-17-28(18-30)14-21-9-7-19(11-23(21)15-28)5-6-20-8-10-26(29-16-20)33-25-3-1-2-4-25;1-35-16(32)12-4-14(5-12)31-9-17(10-31)7-11-2-3-15(6-13(11)8-17)36-37(33,34)21(29,30)19(24,25)18(22,23)20(26,27)28;1-21-16(20)12-4-14(5-12)18-9-17(10-18)7-11-2-3-15(19)6-13(11)8-17;1-6-9(7(2)3)8(4)5;5-1(6,3(9,10)11)2(7,8)4(12,13)17(14,15)16/h7-11,16,22,24-25H,1-4,12-15,17-18H2,(H,31,32);2-3,6,12,14H,4-5,7-10H2,1H3;2-3,6,12,14,19H,4-5,7-10H2,1H3;7-8H,6H2,1-5H3;. The minimum atomic E-state index is -7.67. The third-order valence-electron chi connectivity index (χ3n) is 23.9. The molecule has 3 aliphatic heterocycles. The summed E-state index contributed by atoms with van der Waals surface area (Å²) in [6.07, 6.45) is 2.68. The first kappa shape index (κ1) is 91.9. The number of carboxylic acid groups (broad SMARTS) is 1. The van der Waals surface area contributed by atoms with Crippen molar-refractivity contribution in [1.29, 1.82) is 0 Å². The molecule has 2 N–H and O–H groups in total. The molecule has 0 unspecified atom stereocenters. The number of esters is 2. The number of aliphatic carboxylic acids is 1. The fourth-order valence-electron chi connectivity index (χ4n) is 17.4. The minimum Gasteiger partial charge on any atom is -0.508 e. The molecule has 0 amide bonds. The van der Waals surface area contributed by atoms with E-state index in [0.717, 1.165) is 120 Å². The van der Waals surface area contributed by atoms with Crippen molar-refractivity contribution in [2.75, 3.05) is 60.0 Å². The van der Waals surface area contributed by atoms with Crippen molar-refractivity contribution < 1.29 is 143 Å². The molecule has 650 valence electrons. The van der Waals surface area contributed by atoms with Gasteiger partial charge in [-0.3, -0.25) is 34.0 Å². The van der Waals surface area contributed by atoms with Crippen LogP contribution < -0.4 is 8.92 Å². The van der Waals surface area contributed by atoms with Gasteiger partial charge in [0.15, 0.2) is 0 Å². The Labute approximate surface area is 663 Å². The number of carboxylic acids is 1. The van der Waals surface area contributed by atoms with E-state index in [-0.39, 0.29) is 41.1 Å². The molecule has 4 heterocycles. The number of hydrogen-bond donors (Lipinski definition) is 2. The second kappa shape index (κ2) is 33.5. The molecule has 117 heavy (non-hydrogen) atoms. The zero-order valence-corrected chi connectivity index (χ0v) is 66.1. The summed E-state index contributed by atoms with van der Waals surface area (Å²) < 4.78 is 298. The van der Waals surface area contributed by atoms with E-state index < -0.39 is 78.6 Å². The summed E-state index contributed by atoms with van der Waals surface area (Å²) >= 11 is 0. The number of benzene rings is 3. The van der Waals surface area contributed by atoms with Gasteiger partial charge >= 0.3 is 84.8 Å². The first-order valence-electron chi connectivity index (χ1n) is 37.8. The monoisotopic (exact) mass is 1730 g/mol. The number of aromatic nitrogens is 1. The average Bonchev–Trinajstić information content (AvgIpc) is 1.72. The Morgan fingerprint density at radius 1 is 0.521 bits per heavy atom. The number of halogens is 19. The Morgan fingerprint density at radius 3 is 1.27 bits per heavy atom. The molecular formula is C78H90F19N5O13S2. The summed E-state index contributed by atoms with van der Waals surface area (Å²) in [5.41, 5.74) is 9.12. The van der Waals surface area contributed by atoms with Crippen LogP contribution in [0.5, 0.6) is 17.4 Å². The third kappa shape index (κ3) is 18.7. The van der Waals surface area contributed by atoms with E-state index in [2.05, 4.69) is 99.5 Å². The molecule has 14 rings (SSSR count). The summed E-state index contributed by atoms with van der Waals surface area (Å²) in [5, 5.41) is 4.57. The molecule has 39 heteroatoms. The van der Waals surface area contributed by atoms with E-state index in [1.165, 1.54) is 55.4 Å². The molecule has 3 aromatic carbocycles. The Kier molecular flexibility index (Phi) is 26.3. The maximum Gasteiger partial charge on any atom is 0.460 e. The van der Waals surface area contributed by atoms with E-state index in [9.17, 15) is 119 Å². The van der Waals surface area contributed by atoms with Crippen molar-refractivity contribution in [2.24, 2.45) is 34.0 Å². The van der Waals surface area contributed by atoms with E-state index in [0.29, 0.717) is 103 Å². The quantitative estimate of drug-likeness (QED) is 0.0293. The van der Waals surface area contributed by atoms with Gasteiger partial charge in [-0.25, -0.2) is 4.98 Å². The number of aromatic hydroxyl groups is 1. The van der Waals surface area contributed by atoms with Crippen molar-refractivity contribution >= 4 is 38.2 Å². The number of alkyl halides is 18. The lowest BCUT2D eigenvalue weighted by atomic mass is 9.71. The predicted molar refractivity (Wildman–Crippen MR) is 384 cm³/mol. The van der Waals surface area contributed by atoms with Crippen LogP contribution in [-0.4, -0.2) is 212 Å². The lowest BCUT2D eigenvalue weighted by Crippen LogP contribution is -2.63. The summed E-state index contributed by atoms with van der Waals surface area (Å²) in [5.74, 6) is -24.1. The fraction of sp³-hybridized carbons (Fsp3) is 0.641. The van der Waals surface area contributed by atoms with Crippen LogP contribution in [0.2, 0.25) is 0 Å². The summed E-state index contributed by atoms with van der Waals surface area (Å²) in [7, 11) is -11.9. The van der Waals surface area contributed by atoms with Gasteiger partial charge in [0.25, 0.3) is 0 Å². The zero-order chi connectivity index (χ0) is 86.8. The van der Waals surface area contributed by atoms with E-state index in [1.54, 1.807) is 12.3 Å². The number of carbonyl (C=O) groups is 3. The highest BCUT2D eigenvalue weighted by atomic mass is 32.3. The van der Waals surface area contributed by atoms with Crippen LogP contribution in [0.1, 0.15) is 143 Å². The number of rotatable bonds is 19. The van der Waals surface area contributed by atoms with Crippen LogP contribution >= 0.6 is 0 Å². The van der Waals surface area contributed by atoms with Gasteiger partial charge in [0.1, 0.15) is 17.6 Å². The van der Waals surface area contributed by atoms with Gasteiger partial charge in [0.2, 0.25) is 5.88 Å². The number of phenols is 1. The van der Waals surface area contributed by atoms with Crippen LogP contribution in [0.25, 0.3) is 0 Å². The number of likely N-dealkylation sites (tertiary alicyclic amines) is 3. The van der Waals surface area contributed by atoms with Crippen molar-refractivity contribution in [1.82, 2.24) is 24.6 Å². The Hall–Kier alpha value is -7.41. The van der Waals surface area contributed by atoms with Crippen LogP contribution in [0.3, 0.4) is 0 Å². The SMILES string of the molecule is CCN(C(C)C)C(C)C.COC(=O)C1CC(N2CC3(Cc4ccc(O)cc4C3)C2)C1.COC(=O)C1CC(N2CC3(Cc4ccc(OS(=O)(=O)C(F)(F)C(F)(F)C(F)(F)C(F)(F)F)cc4C3)C2)C1.O=C(O)C1CC(N2CC3(Cc4ccc(C#Cc5ccc(OC6CCCC6)nc5)cc4C3)C2)C1.O=S(=O)(F)C(F)(F)C(F)(F)C(F)(F)C(F)(F)F. The van der Waals surface area contributed by atoms with Gasteiger partial charge in [-0.2, -0.15) is 95.9 Å². The molecule has 7 aliphatic carbocycles. The maximum atomic E-state index is 13.9. The van der Waals surface area contributed by atoms with Gasteiger partial charge in [0.05, 0.1) is 32.0 Å². The number of phenolic OH excluding ortho intramolecular Hbond substituents is 1. The van der Waals surface area contributed by atoms with Crippen molar-refractivity contribution in [2.45, 2.75) is 220 Å². The highest BCUT2D eigenvalue weighted by Crippen LogP contribution is 2.58. The molecule has 3 saturated heterocycles. The number of fused-ring (bicyclic) bond motifs is 3. The highest BCUT2D eigenvalue weighted by Gasteiger charge is 2.87. The van der Waals surface area contributed by atoms with E-state index in [1.807, 2.05) is 18.2 Å². The lowest BCUT2D eigenvalue weighted by molar-refractivity contribution is -0.382. The van der Waals surface area contributed by atoms with Crippen LogP contribution in [0.15, 0.2) is 72.9 Å². The molecule has 0 atom stereocenters. The van der Waals surface area contributed by atoms with E-state index >= 15 is 0 Å². The summed E-state index contributed by atoms with van der Waals surface area (Å²) in [4.78, 5) is 48.1. The Morgan fingerprint density at radius 2 is 0.897 bits per heavy atom. The van der Waals surface area contributed by atoms with Gasteiger partial charge in [-0.15, -0.1) is 0 Å².